The molecule has 5 nitrogen and oxygen atoms in total. The molecule has 0 atom stereocenters. The molecular weight excluding hydrogens is 297 g/mol. The van der Waals surface area contributed by atoms with Gasteiger partial charge in [-0.2, -0.15) is 5.10 Å². The minimum absolute atomic E-state index is 0.236. The number of carbonyl (C=O) groups is 1. The van der Waals surface area contributed by atoms with Crippen LogP contribution in [0.1, 0.15) is 42.5 Å². The van der Waals surface area contributed by atoms with E-state index in [9.17, 15) is 14.3 Å². The number of H-pyrrole nitrogens is 1. The zero-order valence-electron chi connectivity index (χ0n) is 12.8. The van der Waals surface area contributed by atoms with Crippen molar-refractivity contribution in [1.82, 2.24) is 15.5 Å². The molecule has 122 valence electrons. The van der Waals surface area contributed by atoms with Crippen molar-refractivity contribution in [2.24, 2.45) is 0 Å². The van der Waals surface area contributed by atoms with E-state index in [1.165, 1.54) is 18.3 Å². The summed E-state index contributed by atoms with van der Waals surface area (Å²) < 4.78 is 13.0. The van der Waals surface area contributed by atoms with Crippen LogP contribution in [0.2, 0.25) is 0 Å². The van der Waals surface area contributed by atoms with Crippen LogP contribution in [0.3, 0.4) is 0 Å². The summed E-state index contributed by atoms with van der Waals surface area (Å²) in [5.74, 6) is -0.629. The number of hydrogen-bond donors (Lipinski definition) is 3. The van der Waals surface area contributed by atoms with E-state index in [2.05, 4.69) is 15.5 Å². The van der Waals surface area contributed by atoms with Gasteiger partial charge >= 0.3 is 0 Å². The number of halogens is 1. The summed E-state index contributed by atoms with van der Waals surface area (Å²) in [7, 11) is 0. The van der Waals surface area contributed by atoms with E-state index in [0.29, 0.717) is 29.7 Å². The number of benzene rings is 1. The van der Waals surface area contributed by atoms with Crippen molar-refractivity contribution in [2.75, 3.05) is 6.54 Å². The van der Waals surface area contributed by atoms with Gasteiger partial charge in [-0.25, -0.2) is 4.39 Å². The van der Waals surface area contributed by atoms with Crippen molar-refractivity contribution in [1.29, 1.82) is 0 Å². The molecule has 3 rings (SSSR count). The van der Waals surface area contributed by atoms with Gasteiger partial charge in [0.1, 0.15) is 5.82 Å². The maximum Gasteiger partial charge on any atom is 0.255 e. The smallest absolute Gasteiger partial charge is 0.255 e. The first-order valence-corrected chi connectivity index (χ1v) is 7.87. The third-order valence-corrected chi connectivity index (χ3v) is 4.38. The van der Waals surface area contributed by atoms with Crippen LogP contribution in [0.4, 0.5) is 4.39 Å². The minimum atomic E-state index is -0.812. The number of aromatic amines is 1. The van der Waals surface area contributed by atoms with Crippen molar-refractivity contribution < 1.29 is 14.3 Å². The molecule has 23 heavy (non-hydrogen) atoms. The van der Waals surface area contributed by atoms with Crippen molar-refractivity contribution in [3.8, 4) is 11.3 Å². The Labute approximate surface area is 133 Å². The van der Waals surface area contributed by atoms with Crippen LogP contribution >= 0.6 is 0 Å². The van der Waals surface area contributed by atoms with E-state index < -0.39 is 5.60 Å². The molecule has 6 heteroatoms. The summed E-state index contributed by atoms with van der Waals surface area (Å²) in [6.45, 7) is 0.236. The van der Waals surface area contributed by atoms with Gasteiger partial charge in [0, 0.05) is 12.1 Å². The Morgan fingerprint density at radius 2 is 1.96 bits per heavy atom. The number of rotatable bonds is 4. The highest BCUT2D eigenvalue weighted by Gasteiger charge is 2.30. The van der Waals surface area contributed by atoms with Crippen LogP contribution in [-0.2, 0) is 0 Å². The molecule has 0 aliphatic heterocycles. The molecule has 0 bridgehead atoms. The molecule has 1 aromatic carbocycles. The van der Waals surface area contributed by atoms with Gasteiger partial charge < -0.3 is 10.4 Å². The van der Waals surface area contributed by atoms with Crippen LogP contribution < -0.4 is 5.32 Å². The second-order valence-electron chi connectivity index (χ2n) is 6.13. The number of nitrogens with one attached hydrogen (secondary N) is 2. The standard InChI is InChI=1S/C17H20FN3O2/c18-13-6-4-12(5-7-13)15-14(10-20-21-15)16(22)19-11-17(23)8-2-1-3-9-17/h4-7,10,23H,1-3,8-9,11H2,(H,19,22)(H,20,21). The molecule has 1 fully saturated rings. The van der Waals surface area contributed by atoms with Crippen molar-refractivity contribution >= 4 is 5.91 Å². The molecule has 0 saturated heterocycles. The Hall–Kier alpha value is -2.21. The van der Waals surface area contributed by atoms with Gasteiger partial charge in [0.2, 0.25) is 0 Å². The van der Waals surface area contributed by atoms with E-state index in [-0.39, 0.29) is 18.3 Å². The van der Waals surface area contributed by atoms with E-state index in [1.807, 2.05) is 0 Å². The predicted octanol–water partition coefficient (Wildman–Crippen LogP) is 2.64. The molecular formula is C17H20FN3O2. The highest BCUT2D eigenvalue weighted by Crippen LogP contribution is 2.27. The van der Waals surface area contributed by atoms with Crippen LogP contribution in [0.15, 0.2) is 30.5 Å². The zero-order valence-corrected chi connectivity index (χ0v) is 12.8. The first-order valence-electron chi connectivity index (χ1n) is 7.87. The van der Waals surface area contributed by atoms with Gasteiger partial charge in [0.05, 0.1) is 23.1 Å². The van der Waals surface area contributed by atoms with Gasteiger partial charge in [-0.05, 0) is 37.1 Å². The quantitative estimate of drug-likeness (QED) is 0.811. The molecule has 0 radical (unpaired) electrons. The predicted molar refractivity (Wildman–Crippen MR) is 84.3 cm³/mol. The Morgan fingerprint density at radius 1 is 1.26 bits per heavy atom. The molecule has 1 amide bonds. The Morgan fingerprint density at radius 3 is 2.65 bits per heavy atom. The summed E-state index contributed by atoms with van der Waals surface area (Å²) in [6, 6.07) is 5.85. The molecule has 0 unspecified atom stereocenters. The molecule has 0 spiro atoms. The Bertz CT molecular complexity index is 675. The lowest BCUT2D eigenvalue weighted by atomic mass is 9.85. The van der Waals surface area contributed by atoms with Crippen LogP contribution in [-0.4, -0.2) is 33.4 Å². The Balaban J connectivity index is 1.71. The molecule has 1 saturated carbocycles. The second kappa shape index (κ2) is 6.50. The zero-order chi connectivity index (χ0) is 16.3. The second-order valence-corrected chi connectivity index (χ2v) is 6.13. The first kappa shape index (κ1) is 15.7. The maximum absolute atomic E-state index is 13.0. The van der Waals surface area contributed by atoms with Crippen LogP contribution in [0.5, 0.6) is 0 Å². The van der Waals surface area contributed by atoms with Gasteiger partial charge in [0.15, 0.2) is 0 Å². The minimum Gasteiger partial charge on any atom is -0.388 e. The van der Waals surface area contributed by atoms with E-state index in [1.54, 1.807) is 12.1 Å². The average molecular weight is 317 g/mol. The third-order valence-electron chi connectivity index (χ3n) is 4.38. The Kier molecular flexibility index (Phi) is 4.43. The molecule has 2 aromatic rings. The lowest BCUT2D eigenvalue weighted by molar-refractivity contribution is 0.00526. The third kappa shape index (κ3) is 3.59. The van der Waals surface area contributed by atoms with E-state index in [0.717, 1.165) is 19.3 Å². The summed E-state index contributed by atoms with van der Waals surface area (Å²) in [6.07, 6.45) is 5.97. The van der Waals surface area contributed by atoms with Crippen molar-refractivity contribution in [2.45, 2.75) is 37.7 Å². The van der Waals surface area contributed by atoms with Gasteiger partial charge in [0.25, 0.3) is 5.91 Å². The fourth-order valence-corrected chi connectivity index (χ4v) is 3.02. The fourth-order valence-electron chi connectivity index (χ4n) is 3.02. The van der Waals surface area contributed by atoms with Gasteiger partial charge in [-0.1, -0.05) is 19.3 Å². The SMILES string of the molecule is O=C(NCC1(O)CCCCC1)c1cn[nH]c1-c1ccc(F)cc1. The molecule has 1 aliphatic rings. The maximum atomic E-state index is 13.0. The molecule has 1 aliphatic carbocycles. The highest BCUT2D eigenvalue weighted by atomic mass is 19.1. The van der Waals surface area contributed by atoms with E-state index in [4.69, 9.17) is 0 Å². The lowest BCUT2D eigenvalue weighted by Gasteiger charge is -2.32. The van der Waals surface area contributed by atoms with Crippen molar-refractivity contribution in [3.63, 3.8) is 0 Å². The van der Waals surface area contributed by atoms with Crippen molar-refractivity contribution in [3.05, 3.63) is 41.8 Å². The molecule has 1 heterocycles. The highest BCUT2D eigenvalue weighted by molar-refractivity contribution is 5.99. The number of nitrogens with zero attached hydrogens (tertiary/aromatic N) is 1. The van der Waals surface area contributed by atoms with Crippen LogP contribution in [0.25, 0.3) is 11.3 Å². The number of aliphatic hydroxyl groups is 1. The molecule has 3 N–H and O–H groups in total. The summed E-state index contributed by atoms with van der Waals surface area (Å²) in [5.41, 5.74) is 0.799. The average Bonchev–Trinajstić information content (AvgIpc) is 3.04. The first-order chi connectivity index (χ1) is 11.1. The summed E-state index contributed by atoms with van der Waals surface area (Å²) >= 11 is 0. The van der Waals surface area contributed by atoms with Gasteiger partial charge in [-0.15, -0.1) is 0 Å². The van der Waals surface area contributed by atoms with Gasteiger partial charge in [-0.3, -0.25) is 9.89 Å². The largest absolute Gasteiger partial charge is 0.388 e. The molecule has 1 aromatic heterocycles. The number of carbonyl (C=O) groups excluding carboxylic acids is 1. The number of amides is 1. The number of aromatic nitrogens is 2. The summed E-state index contributed by atoms with van der Waals surface area (Å²) in [5, 5.41) is 19.9. The fraction of sp³-hybridized carbons (Fsp3) is 0.412. The van der Waals surface area contributed by atoms with E-state index >= 15 is 0 Å². The lowest BCUT2D eigenvalue weighted by Crippen LogP contribution is -2.44. The normalized spacial score (nSPS) is 17.0. The monoisotopic (exact) mass is 317 g/mol. The topological polar surface area (TPSA) is 78.0 Å². The van der Waals surface area contributed by atoms with Crippen LogP contribution in [0, 0.1) is 5.82 Å². The number of hydrogen-bond acceptors (Lipinski definition) is 3. The summed E-state index contributed by atoms with van der Waals surface area (Å²) in [4.78, 5) is 12.4.